The third-order valence-corrected chi connectivity index (χ3v) is 3.04. The lowest BCUT2D eigenvalue weighted by Gasteiger charge is -2.17. The number of aromatic nitrogens is 3. The van der Waals surface area contributed by atoms with Gasteiger partial charge in [0.05, 0.1) is 12.8 Å². The maximum Gasteiger partial charge on any atom is 0.327 e. The van der Waals surface area contributed by atoms with E-state index in [0.29, 0.717) is 13.2 Å². The molecule has 6 heteroatoms. The number of esters is 1. The van der Waals surface area contributed by atoms with Gasteiger partial charge in [0.2, 0.25) is 0 Å². The van der Waals surface area contributed by atoms with Crippen LogP contribution in [-0.4, -0.2) is 34.1 Å². The van der Waals surface area contributed by atoms with Crippen molar-refractivity contribution >= 4 is 5.97 Å². The quantitative estimate of drug-likeness (QED) is 0.590. The minimum Gasteiger partial charge on any atom is -0.465 e. The molecule has 0 bridgehead atoms. The average Bonchev–Trinajstić information content (AvgIpc) is 3.01. The summed E-state index contributed by atoms with van der Waals surface area (Å²) in [5, 5.41) is 10.9. The van der Waals surface area contributed by atoms with Crippen LogP contribution in [0.15, 0.2) is 42.7 Å². The standard InChI is InChI=1S/C15H20N4O2/c1-2-21-15(20)14(13-7-4-3-5-8-13)16-9-6-11-19-12-10-17-18-19/h3-5,7-8,10,12,14,16H,2,6,9,11H2,1H3. The maximum absolute atomic E-state index is 12.1. The summed E-state index contributed by atoms with van der Waals surface area (Å²) in [6.45, 7) is 3.64. The van der Waals surface area contributed by atoms with Gasteiger partial charge >= 0.3 is 5.97 Å². The lowest BCUT2D eigenvalue weighted by atomic mass is 10.1. The van der Waals surface area contributed by atoms with Crippen LogP contribution in [0.4, 0.5) is 0 Å². The first-order valence-electron chi connectivity index (χ1n) is 7.10. The molecule has 1 N–H and O–H groups in total. The molecular weight excluding hydrogens is 268 g/mol. The highest BCUT2D eigenvalue weighted by Crippen LogP contribution is 2.14. The number of carbonyl (C=O) groups excluding carboxylic acids is 1. The van der Waals surface area contributed by atoms with E-state index in [4.69, 9.17) is 4.74 Å². The highest BCUT2D eigenvalue weighted by molar-refractivity contribution is 5.77. The Balaban J connectivity index is 1.88. The summed E-state index contributed by atoms with van der Waals surface area (Å²) in [5.41, 5.74) is 0.914. The minimum atomic E-state index is -0.429. The molecule has 1 atom stereocenters. The van der Waals surface area contributed by atoms with Gasteiger partial charge < -0.3 is 10.1 Å². The molecule has 0 aliphatic rings. The van der Waals surface area contributed by atoms with Crippen molar-refractivity contribution in [3.05, 3.63) is 48.3 Å². The van der Waals surface area contributed by atoms with Gasteiger partial charge in [-0.2, -0.15) is 0 Å². The summed E-state index contributed by atoms with van der Waals surface area (Å²) in [7, 11) is 0. The van der Waals surface area contributed by atoms with Crippen molar-refractivity contribution in [1.82, 2.24) is 20.3 Å². The molecule has 0 radical (unpaired) electrons. The highest BCUT2D eigenvalue weighted by Gasteiger charge is 2.20. The zero-order valence-corrected chi connectivity index (χ0v) is 12.1. The summed E-state index contributed by atoms with van der Waals surface area (Å²) in [5.74, 6) is -0.246. The molecule has 0 spiro atoms. The molecule has 2 aromatic rings. The minimum absolute atomic E-state index is 0.246. The van der Waals surface area contributed by atoms with Crippen molar-refractivity contribution in [2.45, 2.75) is 25.9 Å². The molecule has 112 valence electrons. The number of rotatable bonds is 8. The zero-order chi connectivity index (χ0) is 14.9. The first-order chi connectivity index (χ1) is 10.3. The van der Waals surface area contributed by atoms with E-state index >= 15 is 0 Å². The molecule has 1 heterocycles. The van der Waals surface area contributed by atoms with Crippen LogP contribution in [0.1, 0.15) is 24.9 Å². The molecule has 0 aliphatic carbocycles. The van der Waals surface area contributed by atoms with E-state index in [2.05, 4.69) is 15.6 Å². The van der Waals surface area contributed by atoms with Crippen LogP contribution in [0, 0.1) is 0 Å². The van der Waals surface area contributed by atoms with Crippen LogP contribution < -0.4 is 5.32 Å². The van der Waals surface area contributed by atoms with Crippen LogP contribution in [0.5, 0.6) is 0 Å². The lowest BCUT2D eigenvalue weighted by Crippen LogP contribution is -2.31. The molecular formula is C15H20N4O2. The van der Waals surface area contributed by atoms with Crippen LogP contribution in [0.3, 0.4) is 0 Å². The van der Waals surface area contributed by atoms with E-state index in [9.17, 15) is 4.79 Å². The number of benzene rings is 1. The smallest absolute Gasteiger partial charge is 0.327 e. The summed E-state index contributed by atoms with van der Waals surface area (Å²) in [6, 6.07) is 9.17. The molecule has 1 aromatic heterocycles. The van der Waals surface area contributed by atoms with Gasteiger partial charge in [0.25, 0.3) is 0 Å². The fraction of sp³-hybridized carbons (Fsp3) is 0.400. The van der Waals surface area contributed by atoms with Crippen LogP contribution in [0.25, 0.3) is 0 Å². The van der Waals surface area contributed by atoms with E-state index in [1.165, 1.54) is 0 Å². The zero-order valence-electron chi connectivity index (χ0n) is 12.1. The molecule has 0 amide bonds. The van der Waals surface area contributed by atoms with Gasteiger partial charge in [-0.1, -0.05) is 35.5 Å². The fourth-order valence-electron chi connectivity index (χ4n) is 2.05. The Bertz CT molecular complexity index is 528. The van der Waals surface area contributed by atoms with Crippen molar-refractivity contribution in [3.8, 4) is 0 Å². The first-order valence-corrected chi connectivity index (χ1v) is 7.10. The van der Waals surface area contributed by atoms with E-state index < -0.39 is 6.04 Å². The SMILES string of the molecule is CCOC(=O)C(NCCCn1ccnn1)c1ccccc1. The third kappa shape index (κ3) is 4.68. The molecule has 2 rings (SSSR count). The van der Waals surface area contributed by atoms with Gasteiger partial charge in [-0.15, -0.1) is 5.10 Å². The summed E-state index contributed by atoms with van der Waals surface area (Å²) < 4.78 is 6.90. The van der Waals surface area contributed by atoms with Crippen molar-refractivity contribution < 1.29 is 9.53 Å². The predicted molar refractivity (Wildman–Crippen MR) is 78.5 cm³/mol. The van der Waals surface area contributed by atoms with Gasteiger partial charge in [0.1, 0.15) is 6.04 Å². The number of aryl methyl sites for hydroxylation is 1. The second-order valence-corrected chi connectivity index (χ2v) is 4.57. The summed E-state index contributed by atoms with van der Waals surface area (Å²) >= 11 is 0. The number of ether oxygens (including phenoxy) is 1. The normalized spacial score (nSPS) is 12.0. The van der Waals surface area contributed by atoms with Crippen molar-refractivity contribution in [3.63, 3.8) is 0 Å². The van der Waals surface area contributed by atoms with E-state index in [1.54, 1.807) is 10.9 Å². The topological polar surface area (TPSA) is 69.0 Å². The van der Waals surface area contributed by atoms with Gasteiger partial charge in [-0.05, 0) is 25.5 Å². The molecule has 0 saturated carbocycles. The van der Waals surface area contributed by atoms with Gasteiger partial charge in [-0.25, -0.2) is 4.79 Å². The number of hydrogen-bond acceptors (Lipinski definition) is 5. The van der Waals surface area contributed by atoms with Crippen molar-refractivity contribution in [2.24, 2.45) is 0 Å². The Kier molecular flexibility index (Phi) is 5.90. The lowest BCUT2D eigenvalue weighted by molar-refractivity contribution is -0.145. The number of nitrogens with one attached hydrogen (secondary N) is 1. The maximum atomic E-state index is 12.1. The Morgan fingerprint density at radius 2 is 2.19 bits per heavy atom. The molecule has 6 nitrogen and oxygen atoms in total. The molecule has 0 fully saturated rings. The molecule has 1 aromatic carbocycles. The Hall–Kier alpha value is -2.21. The van der Waals surface area contributed by atoms with Gasteiger partial charge in [0, 0.05) is 12.7 Å². The highest BCUT2D eigenvalue weighted by atomic mass is 16.5. The summed E-state index contributed by atoms with van der Waals surface area (Å²) in [6.07, 6.45) is 4.32. The average molecular weight is 288 g/mol. The molecule has 0 saturated heterocycles. The number of hydrogen-bond donors (Lipinski definition) is 1. The predicted octanol–water partition coefficient (Wildman–Crippen LogP) is 1.56. The Morgan fingerprint density at radius 3 is 2.86 bits per heavy atom. The van der Waals surface area contributed by atoms with Crippen molar-refractivity contribution in [1.29, 1.82) is 0 Å². The van der Waals surface area contributed by atoms with Crippen LogP contribution in [-0.2, 0) is 16.1 Å². The summed E-state index contributed by atoms with van der Waals surface area (Å²) in [4.78, 5) is 12.1. The number of carbonyl (C=O) groups is 1. The molecule has 1 unspecified atom stereocenters. The first kappa shape index (κ1) is 15.2. The number of nitrogens with zero attached hydrogens (tertiary/aromatic N) is 3. The molecule has 21 heavy (non-hydrogen) atoms. The van der Waals surface area contributed by atoms with E-state index in [-0.39, 0.29) is 5.97 Å². The Morgan fingerprint density at radius 1 is 1.38 bits per heavy atom. The molecule has 0 aliphatic heterocycles. The van der Waals surface area contributed by atoms with Crippen molar-refractivity contribution in [2.75, 3.05) is 13.2 Å². The van der Waals surface area contributed by atoms with E-state index in [0.717, 1.165) is 18.5 Å². The van der Waals surface area contributed by atoms with Gasteiger partial charge in [-0.3, -0.25) is 4.68 Å². The largest absolute Gasteiger partial charge is 0.465 e. The second kappa shape index (κ2) is 8.16. The van der Waals surface area contributed by atoms with E-state index in [1.807, 2.05) is 43.5 Å². The fourth-order valence-corrected chi connectivity index (χ4v) is 2.05. The Labute approximate surface area is 124 Å². The van der Waals surface area contributed by atoms with Crippen LogP contribution >= 0.6 is 0 Å². The van der Waals surface area contributed by atoms with Crippen LogP contribution in [0.2, 0.25) is 0 Å². The second-order valence-electron chi connectivity index (χ2n) is 4.57. The third-order valence-electron chi connectivity index (χ3n) is 3.04. The van der Waals surface area contributed by atoms with Gasteiger partial charge in [0.15, 0.2) is 0 Å². The monoisotopic (exact) mass is 288 g/mol.